The van der Waals surface area contributed by atoms with Crippen LogP contribution in [-0.2, 0) is 23.9 Å². The highest BCUT2D eigenvalue weighted by molar-refractivity contribution is 5.99. The van der Waals surface area contributed by atoms with Crippen molar-refractivity contribution in [1.82, 2.24) is 9.80 Å². The molecule has 6 atom stereocenters. The Morgan fingerprint density at radius 2 is 1.83 bits per heavy atom. The maximum Gasteiger partial charge on any atom is 0.313 e. The third kappa shape index (κ3) is 5.25. The predicted molar refractivity (Wildman–Crippen MR) is 157 cm³/mol. The number of carbonyl (C=O) groups is 3. The van der Waals surface area contributed by atoms with Gasteiger partial charge >= 0.3 is 5.97 Å². The number of carbonyl (C=O) groups excluding carboxylic acids is 3. The summed E-state index contributed by atoms with van der Waals surface area (Å²) in [5.41, 5.74) is -2.15. The van der Waals surface area contributed by atoms with Gasteiger partial charge in [-0.2, -0.15) is 0 Å². The minimum atomic E-state index is -1.24. The zero-order chi connectivity index (χ0) is 30.4. The molecule has 3 aliphatic heterocycles. The molecule has 1 spiro atoms. The fraction of sp³-hybridized carbons (Fsp3) is 0.606. The molecular formula is C33H46N2O6. The molecule has 3 saturated heterocycles. The normalized spacial score (nSPS) is 29.7. The fourth-order valence-electron chi connectivity index (χ4n) is 7.90. The van der Waals surface area contributed by atoms with Crippen molar-refractivity contribution >= 4 is 17.8 Å². The highest BCUT2D eigenvalue weighted by Crippen LogP contribution is 2.64. The first-order valence-electron chi connectivity index (χ1n) is 14.6. The average molecular weight is 567 g/mol. The number of nitrogens with zero attached hydrogens (tertiary/aromatic N) is 2. The minimum Gasteiger partial charge on any atom is -0.461 e. The monoisotopic (exact) mass is 566 g/mol. The van der Waals surface area contributed by atoms with Crippen molar-refractivity contribution < 1.29 is 29.0 Å². The molecule has 3 fully saturated rings. The molecule has 4 rings (SSSR count). The molecule has 0 saturated carbocycles. The van der Waals surface area contributed by atoms with Gasteiger partial charge in [-0.1, -0.05) is 69.8 Å². The van der Waals surface area contributed by atoms with Gasteiger partial charge in [0.2, 0.25) is 11.8 Å². The van der Waals surface area contributed by atoms with Gasteiger partial charge in [-0.05, 0) is 51.0 Å². The first kappa shape index (κ1) is 31.0. The number of aliphatic hydroxyl groups excluding tert-OH is 1. The number of aliphatic hydroxyl groups is 1. The molecule has 2 bridgehead atoms. The van der Waals surface area contributed by atoms with Crippen molar-refractivity contribution in [3.63, 3.8) is 0 Å². The summed E-state index contributed by atoms with van der Waals surface area (Å²) >= 11 is 0. The van der Waals surface area contributed by atoms with Crippen LogP contribution in [0, 0.1) is 17.3 Å². The van der Waals surface area contributed by atoms with E-state index in [1.54, 1.807) is 11.0 Å². The molecule has 1 aromatic carbocycles. The van der Waals surface area contributed by atoms with Crippen molar-refractivity contribution in [2.45, 2.75) is 89.6 Å². The number of rotatable bonds is 11. The van der Waals surface area contributed by atoms with Crippen molar-refractivity contribution in [1.29, 1.82) is 0 Å². The number of ether oxygens (including phenoxy) is 2. The largest absolute Gasteiger partial charge is 0.461 e. The molecule has 224 valence electrons. The maximum atomic E-state index is 14.9. The standard InChI is InChI=1S/C33H46N2O6/c1-9-18-34(31(6,7)21-30(3,4)5)28(38)26-33-17-16-32(8,41-33)25(29(39)40-19-10-2)24(33)27(37)35(26)23(20-36)22-14-12-11-13-15-22/h9-15,23-26,36H,1-2,16-21H2,3-8H3/t23-,24+,25+,26?,32-,33?/m1/s1. The Hall–Kier alpha value is -2.97. The number of hydrogen-bond acceptors (Lipinski definition) is 6. The molecule has 0 aliphatic carbocycles. The van der Waals surface area contributed by atoms with Gasteiger partial charge in [0.15, 0.2) is 0 Å². The van der Waals surface area contributed by atoms with Crippen LogP contribution in [0.5, 0.6) is 0 Å². The Kier molecular flexibility index (Phi) is 8.33. The third-order valence-corrected chi connectivity index (χ3v) is 9.01. The van der Waals surface area contributed by atoms with E-state index in [1.165, 1.54) is 11.0 Å². The van der Waals surface area contributed by atoms with Gasteiger partial charge in [-0.3, -0.25) is 14.4 Å². The zero-order valence-electron chi connectivity index (χ0n) is 25.4. The van der Waals surface area contributed by atoms with E-state index in [1.807, 2.05) is 51.1 Å². The second kappa shape index (κ2) is 11.0. The summed E-state index contributed by atoms with van der Waals surface area (Å²) in [4.78, 5) is 46.3. The number of amides is 2. The lowest BCUT2D eigenvalue weighted by Crippen LogP contribution is -2.61. The van der Waals surface area contributed by atoms with Gasteiger partial charge in [0.05, 0.1) is 24.2 Å². The van der Waals surface area contributed by atoms with Crippen molar-refractivity contribution in [3.05, 3.63) is 61.2 Å². The van der Waals surface area contributed by atoms with Gasteiger partial charge in [0.25, 0.3) is 0 Å². The highest BCUT2D eigenvalue weighted by Gasteiger charge is 2.79. The summed E-state index contributed by atoms with van der Waals surface area (Å²) in [5, 5.41) is 10.7. The van der Waals surface area contributed by atoms with E-state index >= 15 is 0 Å². The van der Waals surface area contributed by atoms with E-state index in [2.05, 4.69) is 33.9 Å². The van der Waals surface area contributed by atoms with Gasteiger partial charge in [0.1, 0.15) is 24.2 Å². The zero-order valence-corrected chi connectivity index (χ0v) is 25.4. The number of hydrogen-bond donors (Lipinski definition) is 1. The Bertz CT molecular complexity index is 1190. The average Bonchev–Trinajstić information content (AvgIpc) is 3.46. The second-order valence-electron chi connectivity index (χ2n) is 13.8. The molecule has 8 heteroatoms. The van der Waals surface area contributed by atoms with Crippen LogP contribution in [0.4, 0.5) is 0 Å². The van der Waals surface area contributed by atoms with Crippen LogP contribution in [-0.4, -0.2) is 75.2 Å². The Morgan fingerprint density at radius 3 is 2.39 bits per heavy atom. The molecule has 41 heavy (non-hydrogen) atoms. The fourth-order valence-corrected chi connectivity index (χ4v) is 7.90. The van der Waals surface area contributed by atoms with Crippen molar-refractivity contribution in [3.8, 4) is 0 Å². The van der Waals surface area contributed by atoms with E-state index < -0.39 is 53.2 Å². The SMILES string of the molecule is C=CCOC(=O)[C@@H]1[C@H]2C(=O)N([C@H](CO)c3ccccc3)C(C(=O)N(CC=C)C(C)(C)CC(C)(C)C)C23CC[C@@]1(C)O3. The van der Waals surface area contributed by atoms with Crippen LogP contribution in [0.25, 0.3) is 0 Å². The number of likely N-dealkylation sites (tertiary alicyclic amines) is 1. The van der Waals surface area contributed by atoms with E-state index in [9.17, 15) is 19.5 Å². The summed E-state index contributed by atoms with van der Waals surface area (Å²) in [6.07, 6.45) is 4.83. The van der Waals surface area contributed by atoms with E-state index in [-0.39, 0.29) is 30.4 Å². The molecule has 0 radical (unpaired) electrons. The lowest BCUT2D eigenvalue weighted by molar-refractivity contribution is -0.163. The summed E-state index contributed by atoms with van der Waals surface area (Å²) < 4.78 is 12.2. The van der Waals surface area contributed by atoms with Crippen LogP contribution in [0.2, 0.25) is 0 Å². The molecular weight excluding hydrogens is 520 g/mol. The Labute approximate surface area is 244 Å². The Morgan fingerprint density at radius 1 is 1.17 bits per heavy atom. The molecule has 2 amide bonds. The number of fused-ring (bicyclic) bond motifs is 1. The molecule has 2 unspecified atom stereocenters. The minimum absolute atomic E-state index is 0.0166. The van der Waals surface area contributed by atoms with Gasteiger partial charge < -0.3 is 24.4 Å². The van der Waals surface area contributed by atoms with E-state index in [0.29, 0.717) is 24.8 Å². The maximum absolute atomic E-state index is 14.9. The van der Waals surface area contributed by atoms with Crippen molar-refractivity contribution in [2.24, 2.45) is 17.3 Å². The molecule has 8 nitrogen and oxygen atoms in total. The topological polar surface area (TPSA) is 96.4 Å². The summed E-state index contributed by atoms with van der Waals surface area (Å²) in [7, 11) is 0. The Balaban J connectivity index is 1.88. The molecule has 3 heterocycles. The van der Waals surface area contributed by atoms with Crippen LogP contribution >= 0.6 is 0 Å². The molecule has 1 aromatic rings. The lowest BCUT2D eigenvalue weighted by atomic mass is 9.66. The summed E-state index contributed by atoms with van der Waals surface area (Å²) in [6.45, 7) is 19.7. The lowest BCUT2D eigenvalue weighted by Gasteiger charge is -2.46. The van der Waals surface area contributed by atoms with Crippen LogP contribution in [0.1, 0.15) is 72.4 Å². The van der Waals surface area contributed by atoms with Crippen LogP contribution < -0.4 is 0 Å². The van der Waals surface area contributed by atoms with Gasteiger partial charge in [-0.15, -0.1) is 6.58 Å². The van der Waals surface area contributed by atoms with Gasteiger partial charge in [0, 0.05) is 12.1 Å². The number of benzene rings is 1. The van der Waals surface area contributed by atoms with Crippen LogP contribution in [0.3, 0.4) is 0 Å². The van der Waals surface area contributed by atoms with E-state index in [4.69, 9.17) is 9.47 Å². The highest BCUT2D eigenvalue weighted by atomic mass is 16.6. The first-order valence-corrected chi connectivity index (χ1v) is 14.6. The first-order chi connectivity index (χ1) is 19.2. The van der Waals surface area contributed by atoms with E-state index in [0.717, 1.165) is 0 Å². The molecule has 0 aromatic heterocycles. The third-order valence-electron chi connectivity index (χ3n) is 9.01. The quantitative estimate of drug-likeness (QED) is 0.314. The summed E-state index contributed by atoms with van der Waals surface area (Å²) in [6, 6.07) is 7.36. The number of esters is 1. The predicted octanol–water partition coefficient (Wildman–Crippen LogP) is 4.44. The summed E-state index contributed by atoms with van der Waals surface area (Å²) in [5.74, 6) is -2.97. The van der Waals surface area contributed by atoms with Gasteiger partial charge in [-0.25, -0.2) is 0 Å². The smallest absolute Gasteiger partial charge is 0.313 e. The second-order valence-corrected chi connectivity index (χ2v) is 13.8. The van der Waals surface area contributed by atoms with Crippen molar-refractivity contribution in [2.75, 3.05) is 19.8 Å². The molecule has 1 N–H and O–H groups in total. The molecule has 3 aliphatic rings. The van der Waals surface area contributed by atoms with Crippen LogP contribution in [0.15, 0.2) is 55.6 Å².